The summed E-state index contributed by atoms with van der Waals surface area (Å²) in [5, 5.41) is 0. The number of carbonyl (C=O) groups is 1. The second-order valence-corrected chi connectivity index (χ2v) is 7.22. The van der Waals surface area contributed by atoms with Crippen molar-refractivity contribution in [2.75, 3.05) is 20.8 Å². The van der Waals surface area contributed by atoms with E-state index in [9.17, 15) is 4.79 Å². The van der Waals surface area contributed by atoms with Gasteiger partial charge in [-0.1, -0.05) is 60.7 Å². The maximum absolute atomic E-state index is 13.3. The molecule has 0 aromatic heterocycles. The summed E-state index contributed by atoms with van der Waals surface area (Å²) >= 11 is 0. The molecular formula is C25H25NO3. The molecule has 0 bridgehead atoms. The Labute approximate surface area is 171 Å². The molecule has 1 aliphatic rings. The van der Waals surface area contributed by atoms with Crippen LogP contribution >= 0.6 is 0 Å². The van der Waals surface area contributed by atoms with Crippen LogP contribution in [0.4, 0.5) is 0 Å². The van der Waals surface area contributed by atoms with Crippen LogP contribution in [0.2, 0.25) is 0 Å². The number of amides is 1. The predicted octanol–water partition coefficient (Wildman–Crippen LogP) is 4.42. The summed E-state index contributed by atoms with van der Waals surface area (Å²) in [4.78, 5) is 15.3. The largest absolute Gasteiger partial charge is 0.493 e. The fourth-order valence-electron chi connectivity index (χ4n) is 4.08. The molecule has 3 aromatic rings. The molecule has 0 saturated heterocycles. The molecule has 3 aromatic carbocycles. The maximum Gasteiger partial charge on any atom is 0.227 e. The normalized spacial score (nSPS) is 15.5. The first kappa shape index (κ1) is 19.1. The minimum atomic E-state index is -0.143. The Balaban J connectivity index is 1.76. The van der Waals surface area contributed by atoms with Crippen LogP contribution in [-0.4, -0.2) is 31.6 Å². The van der Waals surface area contributed by atoms with Gasteiger partial charge in [-0.05, 0) is 40.8 Å². The molecule has 1 amide bonds. The monoisotopic (exact) mass is 387 g/mol. The van der Waals surface area contributed by atoms with E-state index in [0.717, 1.165) is 28.9 Å². The summed E-state index contributed by atoms with van der Waals surface area (Å²) in [6.45, 7) is 0.674. The second-order valence-electron chi connectivity index (χ2n) is 7.22. The van der Waals surface area contributed by atoms with Crippen LogP contribution in [0.1, 0.15) is 28.3 Å². The van der Waals surface area contributed by atoms with Gasteiger partial charge in [0, 0.05) is 6.54 Å². The summed E-state index contributed by atoms with van der Waals surface area (Å²) in [6, 6.07) is 24.0. The van der Waals surface area contributed by atoms with Gasteiger partial charge in [0.15, 0.2) is 11.5 Å². The molecule has 0 radical (unpaired) electrons. The molecule has 1 heterocycles. The van der Waals surface area contributed by atoms with Crippen LogP contribution in [-0.2, 0) is 17.6 Å². The zero-order valence-electron chi connectivity index (χ0n) is 16.8. The van der Waals surface area contributed by atoms with E-state index in [-0.39, 0.29) is 11.9 Å². The summed E-state index contributed by atoms with van der Waals surface area (Å²) in [7, 11) is 3.29. The van der Waals surface area contributed by atoms with Gasteiger partial charge in [-0.15, -0.1) is 0 Å². The number of benzene rings is 3. The highest BCUT2D eigenvalue weighted by Crippen LogP contribution is 2.41. The number of hydrogen-bond acceptors (Lipinski definition) is 3. The molecule has 1 atom stereocenters. The lowest BCUT2D eigenvalue weighted by atomic mass is 9.87. The molecule has 0 fully saturated rings. The Bertz CT molecular complexity index is 986. The average molecular weight is 387 g/mol. The van der Waals surface area contributed by atoms with Gasteiger partial charge in [0.1, 0.15) is 0 Å². The van der Waals surface area contributed by atoms with Gasteiger partial charge < -0.3 is 14.4 Å². The molecule has 148 valence electrons. The minimum Gasteiger partial charge on any atom is -0.493 e. The van der Waals surface area contributed by atoms with E-state index in [1.54, 1.807) is 14.2 Å². The van der Waals surface area contributed by atoms with Crippen LogP contribution in [0.5, 0.6) is 11.5 Å². The Morgan fingerprint density at radius 2 is 1.55 bits per heavy atom. The van der Waals surface area contributed by atoms with Gasteiger partial charge in [-0.2, -0.15) is 0 Å². The Hall–Kier alpha value is -3.27. The fourth-order valence-corrected chi connectivity index (χ4v) is 4.08. The van der Waals surface area contributed by atoms with Crippen molar-refractivity contribution in [2.24, 2.45) is 0 Å². The summed E-state index contributed by atoms with van der Waals surface area (Å²) < 4.78 is 11.0. The first-order valence-corrected chi connectivity index (χ1v) is 9.84. The standard InChI is InChI=1S/C25H25NO3/c1-28-22-16-20-13-14-26(24(27)15-18-9-5-3-6-10-18)25(19-11-7-4-8-12-19)21(20)17-23(22)29-2/h3-12,16-17,25H,13-15H2,1-2H3. The number of rotatable bonds is 5. The molecule has 1 aliphatic heterocycles. The minimum absolute atomic E-state index is 0.130. The molecule has 0 spiro atoms. The van der Waals surface area contributed by atoms with Crippen molar-refractivity contribution in [3.8, 4) is 11.5 Å². The smallest absolute Gasteiger partial charge is 0.227 e. The van der Waals surface area contributed by atoms with Crippen LogP contribution in [0, 0.1) is 0 Å². The SMILES string of the molecule is COc1cc2c(cc1OC)C(c1ccccc1)N(C(=O)Cc1ccccc1)CC2. The van der Waals surface area contributed by atoms with Gasteiger partial charge in [0.25, 0.3) is 0 Å². The third kappa shape index (κ3) is 3.83. The summed E-state index contributed by atoms with van der Waals surface area (Å²) in [5.41, 5.74) is 4.42. The predicted molar refractivity (Wildman–Crippen MR) is 113 cm³/mol. The lowest BCUT2D eigenvalue weighted by Gasteiger charge is -2.38. The maximum atomic E-state index is 13.3. The molecule has 4 heteroatoms. The van der Waals surface area contributed by atoms with Gasteiger partial charge in [-0.25, -0.2) is 0 Å². The molecule has 4 rings (SSSR count). The van der Waals surface area contributed by atoms with Crippen molar-refractivity contribution in [3.63, 3.8) is 0 Å². The van der Waals surface area contributed by atoms with E-state index < -0.39 is 0 Å². The van der Waals surface area contributed by atoms with Gasteiger partial charge >= 0.3 is 0 Å². The Morgan fingerprint density at radius 1 is 0.931 bits per heavy atom. The van der Waals surface area contributed by atoms with E-state index in [1.807, 2.05) is 65.6 Å². The molecule has 0 saturated carbocycles. The fraction of sp³-hybridized carbons (Fsp3) is 0.240. The van der Waals surface area contributed by atoms with Crippen molar-refractivity contribution in [1.29, 1.82) is 0 Å². The molecule has 0 N–H and O–H groups in total. The van der Waals surface area contributed by atoms with Crippen molar-refractivity contribution in [1.82, 2.24) is 4.90 Å². The highest BCUT2D eigenvalue weighted by Gasteiger charge is 2.33. The summed E-state index contributed by atoms with van der Waals surface area (Å²) in [5.74, 6) is 1.54. The number of fused-ring (bicyclic) bond motifs is 1. The number of hydrogen-bond donors (Lipinski definition) is 0. The third-order valence-electron chi connectivity index (χ3n) is 5.51. The van der Waals surface area contributed by atoms with Crippen molar-refractivity contribution < 1.29 is 14.3 Å². The first-order valence-electron chi connectivity index (χ1n) is 9.84. The number of carbonyl (C=O) groups excluding carboxylic acids is 1. The highest BCUT2D eigenvalue weighted by atomic mass is 16.5. The molecule has 29 heavy (non-hydrogen) atoms. The Morgan fingerprint density at radius 3 is 2.21 bits per heavy atom. The third-order valence-corrected chi connectivity index (χ3v) is 5.51. The lowest BCUT2D eigenvalue weighted by molar-refractivity contribution is -0.132. The van der Waals surface area contributed by atoms with E-state index in [4.69, 9.17) is 9.47 Å². The summed E-state index contributed by atoms with van der Waals surface area (Å²) in [6.07, 6.45) is 1.19. The van der Waals surface area contributed by atoms with E-state index in [2.05, 4.69) is 12.1 Å². The Kier molecular flexibility index (Phi) is 5.52. The van der Waals surface area contributed by atoms with Gasteiger partial charge in [-0.3, -0.25) is 4.79 Å². The molecule has 4 nitrogen and oxygen atoms in total. The topological polar surface area (TPSA) is 38.8 Å². The second kappa shape index (κ2) is 8.39. The highest BCUT2D eigenvalue weighted by molar-refractivity contribution is 5.80. The van der Waals surface area contributed by atoms with Crippen LogP contribution in [0.3, 0.4) is 0 Å². The van der Waals surface area contributed by atoms with Crippen molar-refractivity contribution >= 4 is 5.91 Å². The van der Waals surface area contributed by atoms with E-state index in [1.165, 1.54) is 5.56 Å². The van der Waals surface area contributed by atoms with Crippen LogP contribution < -0.4 is 9.47 Å². The van der Waals surface area contributed by atoms with Gasteiger partial charge in [0.2, 0.25) is 5.91 Å². The molecule has 1 unspecified atom stereocenters. The molecular weight excluding hydrogens is 362 g/mol. The average Bonchev–Trinajstić information content (AvgIpc) is 2.78. The number of ether oxygens (including phenoxy) is 2. The number of methoxy groups -OCH3 is 2. The zero-order chi connectivity index (χ0) is 20.2. The van der Waals surface area contributed by atoms with E-state index >= 15 is 0 Å². The first-order chi connectivity index (χ1) is 14.2. The van der Waals surface area contributed by atoms with E-state index in [0.29, 0.717) is 18.7 Å². The van der Waals surface area contributed by atoms with Crippen LogP contribution in [0.25, 0.3) is 0 Å². The molecule has 0 aliphatic carbocycles. The van der Waals surface area contributed by atoms with Crippen molar-refractivity contribution in [2.45, 2.75) is 18.9 Å². The zero-order valence-corrected chi connectivity index (χ0v) is 16.8. The van der Waals surface area contributed by atoms with Crippen molar-refractivity contribution in [3.05, 3.63) is 95.1 Å². The number of nitrogens with zero attached hydrogens (tertiary/aromatic N) is 1. The van der Waals surface area contributed by atoms with Crippen LogP contribution in [0.15, 0.2) is 72.8 Å². The lowest BCUT2D eigenvalue weighted by Crippen LogP contribution is -2.41. The van der Waals surface area contributed by atoms with Gasteiger partial charge in [0.05, 0.1) is 26.7 Å². The quantitative estimate of drug-likeness (QED) is 0.650.